The molecule has 0 fully saturated rings. The lowest BCUT2D eigenvalue weighted by Gasteiger charge is -2.12. The first-order chi connectivity index (χ1) is 10.3. The van der Waals surface area contributed by atoms with Gasteiger partial charge in [-0.2, -0.15) is 0 Å². The molecule has 8 heteroatoms. The predicted octanol–water partition coefficient (Wildman–Crippen LogP) is 3.58. The maximum atomic E-state index is 12.4. The van der Waals surface area contributed by atoms with Gasteiger partial charge in [-0.3, -0.25) is 4.72 Å². The van der Waals surface area contributed by atoms with E-state index < -0.39 is 10.0 Å². The van der Waals surface area contributed by atoms with Crippen LogP contribution in [0.2, 0.25) is 5.15 Å². The Bertz CT molecular complexity index is 766. The third kappa shape index (κ3) is 3.98. The summed E-state index contributed by atoms with van der Waals surface area (Å²) in [5.74, 6) is 0. The van der Waals surface area contributed by atoms with Crippen molar-refractivity contribution in [2.75, 3.05) is 11.8 Å². The van der Waals surface area contributed by atoms with Crippen LogP contribution in [0.4, 0.5) is 5.69 Å². The molecule has 2 rings (SSSR count). The van der Waals surface area contributed by atoms with E-state index in [1.165, 1.54) is 6.20 Å². The molecule has 0 aliphatic rings. The molecule has 0 bridgehead atoms. The van der Waals surface area contributed by atoms with E-state index in [4.69, 9.17) is 11.6 Å². The third-order valence-corrected chi connectivity index (χ3v) is 5.29. The van der Waals surface area contributed by atoms with E-state index in [1.807, 2.05) is 14.0 Å². The van der Waals surface area contributed by atoms with Crippen molar-refractivity contribution < 1.29 is 8.42 Å². The fourth-order valence-corrected chi connectivity index (χ4v) is 3.40. The molecule has 0 spiro atoms. The Kier molecular flexibility index (Phi) is 5.44. The number of sulfonamides is 1. The third-order valence-electron chi connectivity index (χ3n) is 3.17. The minimum Gasteiger partial charge on any atom is -0.313 e. The van der Waals surface area contributed by atoms with Crippen LogP contribution in [0.15, 0.2) is 45.9 Å². The summed E-state index contributed by atoms with van der Waals surface area (Å²) in [5.41, 5.74) is 1.23. The van der Waals surface area contributed by atoms with Crippen LogP contribution in [-0.2, 0) is 10.0 Å². The van der Waals surface area contributed by atoms with E-state index in [0.29, 0.717) is 4.47 Å². The number of nitrogens with zero attached hydrogens (tertiary/aromatic N) is 1. The number of rotatable bonds is 5. The summed E-state index contributed by atoms with van der Waals surface area (Å²) in [6, 6.07) is 8.38. The van der Waals surface area contributed by atoms with Crippen LogP contribution < -0.4 is 10.0 Å². The summed E-state index contributed by atoms with van der Waals surface area (Å²) >= 11 is 9.14. The Hall–Kier alpha value is -1.15. The summed E-state index contributed by atoms with van der Waals surface area (Å²) in [7, 11) is -1.87. The van der Waals surface area contributed by atoms with Crippen LogP contribution in [0, 0.1) is 0 Å². The van der Waals surface area contributed by atoms with Gasteiger partial charge in [0, 0.05) is 16.7 Å². The molecular weight excluding hydrogens is 390 g/mol. The predicted molar refractivity (Wildman–Crippen MR) is 91.7 cm³/mol. The number of pyridine rings is 1. The molecule has 0 saturated heterocycles. The monoisotopic (exact) mass is 403 g/mol. The van der Waals surface area contributed by atoms with Gasteiger partial charge in [0.25, 0.3) is 10.0 Å². The first-order valence-corrected chi connectivity index (χ1v) is 9.10. The summed E-state index contributed by atoms with van der Waals surface area (Å²) < 4.78 is 27.8. The zero-order valence-corrected chi connectivity index (χ0v) is 15.1. The summed E-state index contributed by atoms with van der Waals surface area (Å²) in [6.45, 7) is 1.99. The van der Waals surface area contributed by atoms with Gasteiger partial charge in [0.2, 0.25) is 0 Å². The first kappa shape index (κ1) is 17.2. The van der Waals surface area contributed by atoms with Gasteiger partial charge < -0.3 is 5.32 Å². The average molecular weight is 405 g/mol. The summed E-state index contributed by atoms with van der Waals surface area (Å²) in [4.78, 5) is 4.05. The van der Waals surface area contributed by atoms with E-state index >= 15 is 0 Å². The highest BCUT2D eigenvalue weighted by molar-refractivity contribution is 9.10. The molecule has 22 heavy (non-hydrogen) atoms. The smallest absolute Gasteiger partial charge is 0.261 e. The number of hydrogen-bond acceptors (Lipinski definition) is 4. The molecule has 0 radical (unpaired) electrons. The van der Waals surface area contributed by atoms with Crippen molar-refractivity contribution in [2.45, 2.75) is 17.9 Å². The molecule has 1 atom stereocenters. The number of anilines is 1. The molecular formula is C14H15BrClN3O2S. The minimum absolute atomic E-state index is 0.0900. The summed E-state index contributed by atoms with van der Waals surface area (Å²) in [5, 5.41) is 3.19. The van der Waals surface area contributed by atoms with Gasteiger partial charge in [0.1, 0.15) is 0 Å². The Balaban J connectivity index is 2.28. The Labute approximate surface area is 143 Å². The Morgan fingerprint density at radius 3 is 2.50 bits per heavy atom. The van der Waals surface area contributed by atoms with E-state index in [-0.39, 0.29) is 21.8 Å². The second-order valence-electron chi connectivity index (χ2n) is 4.68. The molecule has 5 nitrogen and oxygen atoms in total. The van der Waals surface area contributed by atoms with Crippen molar-refractivity contribution in [3.05, 3.63) is 51.7 Å². The highest BCUT2D eigenvalue weighted by Gasteiger charge is 2.17. The van der Waals surface area contributed by atoms with Gasteiger partial charge in [-0.05, 0) is 53.7 Å². The molecule has 0 aliphatic carbocycles. The molecule has 1 heterocycles. The standard InChI is InChI=1S/C14H15BrClN3O2S/c1-9(17-2)10-3-5-12(6-4-10)22(20,21)19-13-7-11(15)8-18-14(13)16/h3-9,17,19H,1-2H3. The maximum Gasteiger partial charge on any atom is 0.261 e. The lowest BCUT2D eigenvalue weighted by atomic mass is 10.1. The van der Waals surface area contributed by atoms with Gasteiger partial charge in [-0.1, -0.05) is 23.7 Å². The van der Waals surface area contributed by atoms with E-state index in [0.717, 1.165) is 5.56 Å². The fraction of sp³-hybridized carbons (Fsp3) is 0.214. The highest BCUT2D eigenvalue weighted by atomic mass is 79.9. The maximum absolute atomic E-state index is 12.4. The largest absolute Gasteiger partial charge is 0.313 e. The van der Waals surface area contributed by atoms with E-state index in [9.17, 15) is 8.42 Å². The van der Waals surface area contributed by atoms with Crippen molar-refractivity contribution >= 4 is 43.2 Å². The Morgan fingerprint density at radius 2 is 1.91 bits per heavy atom. The molecule has 2 N–H and O–H groups in total. The number of benzene rings is 1. The quantitative estimate of drug-likeness (QED) is 0.747. The second-order valence-corrected chi connectivity index (χ2v) is 7.63. The van der Waals surface area contributed by atoms with E-state index in [2.05, 4.69) is 31.0 Å². The van der Waals surface area contributed by atoms with Gasteiger partial charge in [0.15, 0.2) is 5.15 Å². The van der Waals surface area contributed by atoms with Crippen LogP contribution in [0.25, 0.3) is 0 Å². The fourth-order valence-electron chi connectivity index (χ4n) is 1.80. The van der Waals surface area contributed by atoms with Gasteiger partial charge in [0.05, 0.1) is 10.6 Å². The summed E-state index contributed by atoms with van der Waals surface area (Å²) in [6.07, 6.45) is 1.49. The lowest BCUT2D eigenvalue weighted by molar-refractivity contribution is 0.601. The molecule has 1 aromatic heterocycles. The van der Waals surface area contributed by atoms with Gasteiger partial charge in [-0.15, -0.1) is 0 Å². The number of nitrogens with one attached hydrogen (secondary N) is 2. The van der Waals surface area contributed by atoms with E-state index in [1.54, 1.807) is 30.3 Å². The Morgan fingerprint density at radius 1 is 1.27 bits per heavy atom. The average Bonchev–Trinajstić information content (AvgIpc) is 2.50. The van der Waals surface area contributed by atoms with Crippen molar-refractivity contribution in [2.24, 2.45) is 0 Å². The number of hydrogen-bond donors (Lipinski definition) is 2. The van der Waals surface area contributed by atoms with Gasteiger partial charge in [-0.25, -0.2) is 13.4 Å². The first-order valence-electron chi connectivity index (χ1n) is 6.44. The molecule has 0 amide bonds. The zero-order chi connectivity index (χ0) is 16.3. The second kappa shape index (κ2) is 6.95. The molecule has 0 aliphatic heterocycles. The zero-order valence-electron chi connectivity index (χ0n) is 12.0. The molecule has 118 valence electrons. The minimum atomic E-state index is -3.72. The molecule has 1 aromatic carbocycles. The normalized spacial score (nSPS) is 12.9. The van der Waals surface area contributed by atoms with Crippen molar-refractivity contribution in [3.8, 4) is 0 Å². The molecule has 2 aromatic rings. The van der Waals surface area contributed by atoms with Crippen LogP contribution in [0.5, 0.6) is 0 Å². The van der Waals surface area contributed by atoms with Crippen LogP contribution in [0.3, 0.4) is 0 Å². The van der Waals surface area contributed by atoms with Crippen LogP contribution in [0.1, 0.15) is 18.5 Å². The van der Waals surface area contributed by atoms with Crippen molar-refractivity contribution in [3.63, 3.8) is 0 Å². The lowest BCUT2D eigenvalue weighted by Crippen LogP contribution is -2.15. The van der Waals surface area contributed by atoms with Gasteiger partial charge >= 0.3 is 0 Å². The van der Waals surface area contributed by atoms with Crippen LogP contribution in [-0.4, -0.2) is 20.4 Å². The molecule has 1 unspecified atom stereocenters. The highest BCUT2D eigenvalue weighted by Crippen LogP contribution is 2.26. The number of aromatic nitrogens is 1. The SMILES string of the molecule is CNC(C)c1ccc(S(=O)(=O)Nc2cc(Br)cnc2Cl)cc1. The van der Waals surface area contributed by atoms with Crippen molar-refractivity contribution in [1.29, 1.82) is 0 Å². The molecule has 0 saturated carbocycles. The van der Waals surface area contributed by atoms with Crippen LogP contribution >= 0.6 is 27.5 Å². The number of halogens is 2. The topological polar surface area (TPSA) is 71.1 Å². The van der Waals surface area contributed by atoms with Crippen molar-refractivity contribution in [1.82, 2.24) is 10.3 Å².